The quantitative estimate of drug-likeness (QED) is 0.324. The number of esters is 1. The fourth-order valence-corrected chi connectivity index (χ4v) is 1.06. The van der Waals surface area contributed by atoms with E-state index in [0.29, 0.717) is 46.2 Å². The van der Waals surface area contributed by atoms with Crippen molar-refractivity contribution in [2.75, 3.05) is 73.7 Å². The van der Waals surface area contributed by atoms with E-state index in [0.717, 1.165) is 0 Å². The Bertz CT molecular complexity index is 199. The van der Waals surface area contributed by atoms with E-state index >= 15 is 0 Å². The molecule has 0 spiro atoms. The highest BCUT2D eigenvalue weighted by Crippen LogP contribution is 1.84. The fourth-order valence-electron chi connectivity index (χ4n) is 1.06. The van der Waals surface area contributed by atoms with Crippen LogP contribution in [-0.4, -0.2) is 79.7 Å². The smallest absolute Gasteiger partial charge is 0.332 e. The lowest BCUT2D eigenvalue weighted by atomic mass is 10.7. The van der Waals surface area contributed by atoms with Gasteiger partial charge in [0.15, 0.2) is 0 Å². The van der Waals surface area contributed by atoms with E-state index in [4.69, 9.17) is 23.7 Å². The maximum atomic E-state index is 10.9. The Kier molecular flexibility index (Phi) is 14.7. The van der Waals surface area contributed by atoms with Crippen LogP contribution in [0.2, 0.25) is 0 Å². The summed E-state index contributed by atoms with van der Waals surface area (Å²) in [7, 11) is 3.07. The van der Waals surface area contributed by atoms with Crippen LogP contribution in [0.3, 0.4) is 0 Å². The molecule has 0 fully saturated rings. The molecule has 114 valence electrons. The Morgan fingerprint density at radius 1 is 0.684 bits per heavy atom. The van der Waals surface area contributed by atoms with Gasteiger partial charge in [0, 0.05) is 14.2 Å². The second-order valence-corrected chi connectivity index (χ2v) is 3.48. The summed E-state index contributed by atoms with van der Waals surface area (Å²) in [6.07, 6.45) is 0. The van der Waals surface area contributed by atoms with Gasteiger partial charge in [-0.15, -0.1) is 0 Å². The maximum Gasteiger partial charge on any atom is 0.332 e. The molecule has 0 aliphatic rings. The van der Waals surface area contributed by atoms with Crippen molar-refractivity contribution in [2.24, 2.45) is 0 Å². The van der Waals surface area contributed by atoms with Gasteiger partial charge < -0.3 is 28.4 Å². The average Bonchev–Trinajstić information content (AvgIpc) is 2.40. The predicted molar refractivity (Wildman–Crippen MR) is 67.2 cm³/mol. The van der Waals surface area contributed by atoms with Gasteiger partial charge in [-0.2, -0.15) is 0 Å². The van der Waals surface area contributed by atoms with Crippen molar-refractivity contribution in [3.8, 4) is 0 Å². The summed E-state index contributed by atoms with van der Waals surface area (Å²) in [5.74, 6) is -0.393. The Balaban J connectivity index is 3.01. The van der Waals surface area contributed by atoms with Gasteiger partial charge in [-0.05, 0) is 0 Å². The van der Waals surface area contributed by atoms with Crippen molar-refractivity contribution in [2.45, 2.75) is 0 Å². The average molecular weight is 280 g/mol. The third-order valence-electron chi connectivity index (χ3n) is 1.93. The molecule has 0 atom stereocenters. The van der Waals surface area contributed by atoms with E-state index in [1.165, 1.54) is 7.11 Å². The molecule has 0 unspecified atom stereocenters. The van der Waals surface area contributed by atoms with E-state index in [-0.39, 0.29) is 13.2 Å². The third-order valence-corrected chi connectivity index (χ3v) is 1.93. The zero-order valence-corrected chi connectivity index (χ0v) is 11.7. The van der Waals surface area contributed by atoms with Crippen LogP contribution in [0, 0.1) is 0 Å². The minimum absolute atomic E-state index is 0.0355. The number of hydrogen-bond acceptors (Lipinski definition) is 7. The van der Waals surface area contributed by atoms with Crippen molar-refractivity contribution < 1.29 is 33.2 Å². The Hall–Kier alpha value is -0.730. The van der Waals surface area contributed by atoms with Crippen LogP contribution in [0.15, 0.2) is 0 Å². The predicted octanol–water partition coefficient (Wildman–Crippen LogP) is -0.128. The number of ether oxygens (including phenoxy) is 6. The highest BCUT2D eigenvalue weighted by atomic mass is 16.6. The summed E-state index contributed by atoms with van der Waals surface area (Å²) in [6.45, 7) is 3.71. The molecule has 0 aromatic rings. The van der Waals surface area contributed by atoms with Gasteiger partial charge in [-0.3, -0.25) is 0 Å². The minimum Gasteiger partial charge on any atom is -0.462 e. The Morgan fingerprint density at radius 3 is 1.63 bits per heavy atom. The molecule has 0 N–H and O–H groups in total. The standard InChI is InChI=1S/C12H24O7/c1-14-3-4-16-5-6-17-7-8-18-9-10-19-12(13)11-15-2/h3-11H2,1-2H3. The molecule has 0 aromatic heterocycles. The second-order valence-electron chi connectivity index (χ2n) is 3.48. The van der Waals surface area contributed by atoms with Crippen molar-refractivity contribution in [3.63, 3.8) is 0 Å². The molecule has 0 aliphatic heterocycles. The van der Waals surface area contributed by atoms with Gasteiger partial charge in [0.1, 0.15) is 13.2 Å². The largest absolute Gasteiger partial charge is 0.462 e. The summed E-state index contributed by atoms with van der Waals surface area (Å²) in [4.78, 5) is 10.9. The molecular formula is C12H24O7. The fraction of sp³-hybridized carbons (Fsp3) is 0.917. The molecule has 0 heterocycles. The summed E-state index contributed by atoms with van der Waals surface area (Å²) < 4.78 is 29.9. The van der Waals surface area contributed by atoms with Crippen LogP contribution >= 0.6 is 0 Å². The zero-order chi connectivity index (χ0) is 14.2. The van der Waals surface area contributed by atoms with Gasteiger partial charge in [0.2, 0.25) is 0 Å². The lowest BCUT2D eigenvalue weighted by molar-refractivity contribution is -0.149. The van der Waals surface area contributed by atoms with Crippen LogP contribution in [0.4, 0.5) is 0 Å². The first kappa shape index (κ1) is 18.3. The van der Waals surface area contributed by atoms with E-state index in [2.05, 4.69) is 4.74 Å². The Labute approximate surface area is 114 Å². The number of rotatable bonds is 14. The molecule has 0 amide bonds. The van der Waals surface area contributed by atoms with E-state index < -0.39 is 5.97 Å². The molecule has 0 radical (unpaired) electrons. The van der Waals surface area contributed by atoms with Crippen molar-refractivity contribution in [1.29, 1.82) is 0 Å². The van der Waals surface area contributed by atoms with Crippen molar-refractivity contribution in [3.05, 3.63) is 0 Å². The molecule has 19 heavy (non-hydrogen) atoms. The monoisotopic (exact) mass is 280 g/mol. The molecule has 0 aliphatic carbocycles. The lowest BCUT2D eigenvalue weighted by Crippen LogP contribution is -2.16. The Morgan fingerprint density at radius 2 is 1.16 bits per heavy atom. The van der Waals surface area contributed by atoms with Crippen LogP contribution in [0.25, 0.3) is 0 Å². The molecule has 0 bridgehead atoms. The van der Waals surface area contributed by atoms with Crippen molar-refractivity contribution >= 4 is 5.97 Å². The number of carbonyl (C=O) groups excluding carboxylic acids is 1. The molecule has 7 heteroatoms. The lowest BCUT2D eigenvalue weighted by Gasteiger charge is -2.07. The van der Waals surface area contributed by atoms with Crippen LogP contribution in [0.5, 0.6) is 0 Å². The van der Waals surface area contributed by atoms with Gasteiger partial charge in [0.05, 0.1) is 46.2 Å². The molecule has 7 nitrogen and oxygen atoms in total. The van der Waals surface area contributed by atoms with Gasteiger partial charge in [0.25, 0.3) is 0 Å². The summed E-state index contributed by atoms with van der Waals surface area (Å²) in [6, 6.07) is 0. The second kappa shape index (κ2) is 15.3. The maximum absolute atomic E-state index is 10.9. The number of methoxy groups -OCH3 is 2. The number of hydrogen-bond donors (Lipinski definition) is 0. The first-order valence-corrected chi connectivity index (χ1v) is 6.18. The normalized spacial score (nSPS) is 10.6. The van der Waals surface area contributed by atoms with Gasteiger partial charge in [-0.25, -0.2) is 4.79 Å². The zero-order valence-electron chi connectivity index (χ0n) is 11.7. The minimum atomic E-state index is -0.393. The first-order valence-electron chi connectivity index (χ1n) is 6.18. The van der Waals surface area contributed by atoms with E-state index in [1.807, 2.05) is 0 Å². The molecule has 0 rings (SSSR count). The summed E-state index contributed by atoms with van der Waals surface area (Å²) in [5, 5.41) is 0. The van der Waals surface area contributed by atoms with Crippen LogP contribution < -0.4 is 0 Å². The topological polar surface area (TPSA) is 72.5 Å². The summed E-state index contributed by atoms with van der Waals surface area (Å²) >= 11 is 0. The summed E-state index contributed by atoms with van der Waals surface area (Å²) in [5.41, 5.74) is 0. The van der Waals surface area contributed by atoms with Crippen LogP contribution in [-0.2, 0) is 33.2 Å². The first-order chi connectivity index (χ1) is 9.31. The van der Waals surface area contributed by atoms with Gasteiger partial charge in [-0.1, -0.05) is 0 Å². The van der Waals surface area contributed by atoms with E-state index in [9.17, 15) is 4.79 Å². The molecule has 0 aromatic carbocycles. The highest BCUT2D eigenvalue weighted by Gasteiger charge is 2.00. The van der Waals surface area contributed by atoms with E-state index in [1.54, 1.807) is 7.11 Å². The number of carbonyl (C=O) groups is 1. The van der Waals surface area contributed by atoms with Crippen LogP contribution in [0.1, 0.15) is 0 Å². The molecular weight excluding hydrogens is 256 g/mol. The molecule has 0 saturated carbocycles. The molecule has 0 saturated heterocycles. The third kappa shape index (κ3) is 15.2. The SMILES string of the molecule is COCCOCCOCCOCCOC(=O)COC. The van der Waals surface area contributed by atoms with Crippen molar-refractivity contribution in [1.82, 2.24) is 0 Å². The van der Waals surface area contributed by atoms with Gasteiger partial charge >= 0.3 is 5.97 Å². The highest BCUT2D eigenvalue weighted by molar-refractivity contribution is 5.70.